The molecular weight excluding hydrogens is 244 g/mol. The number of carbonyl (C=O) groups is 1. The maximum Gasteiger partial charge on any atom is 0.337 e. The normalized spacial score (nSPS) is 12.5. The average molecular weight is 258 g/mol. The topological polar surface area (TPSA) is 57.5 Å². The second kappa shape index (κ2) is 5.61. The molecule has 1 aromatic rings. The quantitative estimate of drug-likeness (QED) is 0.813. The Hall–Kier alpha value is -0.650. The van der Waals surface area contributed by atoms with Crippen LogP contribution in [0.1, 0.15) is 17.2 Å². The molecule has 88 valence electrons. The van der Waals surface area contributed by atoms with E-state index in [-0.39, 0.29) is 0 Å². The van der Waals surface area contributed by atoms with Gasteiger partial charge in [0, 0.05) is 15.4 Å². The van der Waals surface area contributed by atoms with Crippen LogP contribution in [0.2, 0.25) is 0 Å². The highest BCUT2D eigenvalue weighted by atomic mass is 32.2. The lowest BCUT2D eigenvalue weighted by molar-refractivity contribution is -0.147. The Bertz CT molecular complexity index is 404. The first-order valence-corrected chi connectivity index (χ1v) is 7.09. The highest BCUT2D eigenvalue weighted by Gasteiger charge is 2.20. The summed E-state index contributed by atoms with van der Waals surface area (Å²) in [5.74, 6) is -1.22. The van der Waals surface area contributed by atoms with Crippen molar-refractivity contribution in [2.75, 3.05) is 12.5 Å². The van der Waals surface area contributed by atoms with E-state index in [0.29, 0.717) is 5.56 Å². The second-order valence-corrected chi connectivity index (χ2v) is 5.00. The van der Waals surface area contributed by atoms with Gasteiger partial charge in [0.1, 0.15) is 0 Å². The van der Waals surface area contributed by atoms with Crippen molar-refractivity contribution in [2.24, 2.45) is 0 Å². The fourth-order valence-corrected chi connectivity index (χ4v) is 2.75. The summed E-state index contributed by atoms with van der Waals surface area (Å²) >= 11 is 2.99. The summed E-state index contributed by atoms with van der Waals surface area (Å²) < 4.78 is 0. The third kappa shape index (κ3) is 2.72. The standard InChI is InChI=1S/C11H14O3S2/c1-6-4-9(16-3)7(5-8(6)15-2)10(12)11(13)14/h4-5,10,12H,1-3H3,(H,13,14). The number of hydrogen-bond acceptors (Lipinski definition) is 4. The van der Waals surface area contributed by atoms with Crippen LogP contribution in [0.3, 0.4) is 0 Å². The van der Waals surface area contributed by atoms with Crippen LogP contribution >= 0.6 is 23.5 Å². The number of hydrogen-bond donors (Lipinski definition) is 2. The number of carboxylic acids is 1. The molecule has 1 rings (SSSR count). The Morgan fingerprint density at radius 2 is 1.81 bits per heavy atom. The molecule has 0 aromatic heterocycles. The van der Waals surface area contributed by atoms with Gasteiger partial charge in [-0.2, -0.15) is 0 Å². The summed E-state index contributed by atoms with van der Waals surface area (Å²) in [6.45, 7) is 1.97. The molecule has 0 fully saturated rings. The lowest BCUT2D eigenvalue weighted by Crippen LogP contribution is -2.11. The summed E-state index contributed by atoms with van der Waals surface area (Å²) in [7, 11) is 0. The van der Waals surface area contributed by atoms with Crippen molar-refractivity contribution in [3.63, 3.8) is 0 Å². The van der Waals surface area contributed by atoms with E-state index in [0.717, 1.165) is 15.4 Å². The highest BCUT2D eigenvalue weighted by molar-refractivity contribution is 7.99. The molecule has 2 N–H and O–H groups in total. The lowest BCUT2D eigenvalue weighted by atomic mass is 10.1. The van der Waals surface area contributed by atoms with Gasteiger partial charge in [-0.05, 0) is 37.1 Å². The van der Waals surface area contributed by atoms with Crippen molar-refractivity contribution in [3.8, 4) is 0 Å². The first-order valence-electron chi connectivity index (χ1n) is 4.64. The molecule has 0 saturated heterocycles. The van der Waals surface area contributed by atoms with Crippen molar-refractivity contribution >= 4 is 29.5 Å². The molecular formula is C11H14O3S2. The highest BCUT2D eigenvalue weighted by Crippen LogP contribution is 2.32. The number of aliphatic hydroxyl groups is 1. The van der Waals surface area contributed by atoms with Gasteiger partial charge in [0.2, 0.25) is 0 Å². The number of aryl methyl sites for hydroxylation is 1. The van der Waals surface area contributed by atoms with Crippen LogP contribution in [0.15, 0.2) is 21.9 Å². The van der Waals surface area contributed by atoms with E-state index in [9.17, 15) is 9.90 Å². The van der Waals surface area contributed by atoms with E-state index in [1.165, 1.54) is 11.8 Å². The smallest absolute Gasteiger partial charge is 0.337 e. The molecule has 0 amide bonds. The molecule has 0 spiro atoms. The molecule has 0 heterocycles. The Labute approximate surface area is 103 Å². The maximum atomic E-state index is 10.8. The van der Waals surface area contributed by atoms with E-state index < -0.39 is 12.1 Å². The van der Waals surface area contributed by atoms with E-state index in [2.05, 4.69) is 0 Å². The lowest BCUT2D eigenvalue weighted by Gasteiger charge is -2.14. The van der Waals surface area contributed by atoms with Crippen LogP contribution in [0.25, 0.3) is 0 Å². The van der Waals surface area contributed by atoms with E-state index >= 15 is 0 Å². The van der Waals surface area contributed by atoms with Crippen LogP contribution in [0.5, 0.6) is 0 Å². The predicted octanol–water partition coefficient (Wildman–Crippen LogP) is 2.56. The van der Waals surface area contributed by atoms with Crippen molar-refractivity contribution in [1.29, 1.82) is 0 Å². The molecule has 1 aromatic carbocycles. The van der Waals surface area contributed by atoms with Crippen LogP contribution in [0, 0.1) is 6.92 Å². The van der Waals surface area contributed by atoms with Gasteiger partial charge in [-0.25, -0.2) is 4.79 Å². The number of aliphatic hydroxyl groups excluding tert-OH is 1. The van der Waals surface area contributed by atoms with E-state index in [4.69, 9.17) is 5.11 Å². The molecule has 1 unspecified atom stereocenters. The van der Waals surface area contributed by atoms with Crippen LogP contribution in [-0.4, -0.2) is 28.7 Å². The zero-order chi connectivity index (χ0) is 12.3. The number of rotatable bonds is 4. The molecule has 0 aliphatic carbocycles. The fourth-order valence-electron chi connectivity index (χ4n) is 1.42. The van der Waals surface area contributed by atoms with Crippen molar-refractivity contribution in [2.45, 2.75) is 22.8 Å². The first-order chi connectivity index (χ1) is 7.51. The Balaban J connectivity index is 3.29. The molecule has 0 aliphatic rings. The number of carboxylic acid groups (broad SMARTS) is 1. The third-order valence-electron chi connectivity index (χ3n) is 2.28. The van der Waals surface area contributed by atoms with Gasteiger partial charge in [0.05, 0.1) is 0 Å². The summed E-state index contributed by atoms with van der Waals surface area (Å²) in [5, 5.41) is 18.4. The van der Waals surface area contributed by atoms with Crippen LogP contribution in [0.4, 0.5) is 0 Å². The van der Waals surface area contributed by atoms with Crippen molar-refractivity contribution < 1.29 is 15.0 Å². The van der Waals surface area contributed by atoms with Crippen molar-refractivity contribution in [3.05, 3.63) is 23.3 Å². The van der Waals surface area contributed by atoms with Gasteiger partial charge in [0.25, 0.3) is 0 Å². The zero-order valence-corrected chi connectivity index (χ0v) is 11.0. The molecule has 0 bridgehead atoms. The third-order valence-corrected chi connectivity index (χ3v) is 3.95. The Morgan fingerprint density at radius 3 is 2.25 bits per heavy atom. The Kier molecular flexibility index (Phi) is 4.70. The average Bonchev–Trinajstić information content (AvgIpc) is 2.27. The van der Waals surface area contributed by atoms with Gasteiger partial charge in [0.15, 0.2) is 6.10 Å². The molecule has 5 heteroatoms. The minimum absolute atomic E-state index is 0.468. The minimum Gasteiger partial charge on any atom is -0.479 e. The summed E-state index contributed by atoms with van der Waals surface area (Å²) in [4.78, 5) is 12.6. The SMILES string of the molecule is CSc1cc(C(O)C(=O)O)c(SC)cc1C. The van der Waals surface area contributed by atoms with Gasteiger partial charge in [-0.3, -0.25) is 0 Å². The Morgan fingerprint density at radius 1 is 1.25 bits per heavy atom. The van der Waals surface area contributed by atoms with Gasteiger partial charge >= 0.3 is 5.97 Å². The van der Waals surface area contributed by atoms with Gasteiger partial charge in [-0.1, -0.05) is 0 Å². The number of thioether (sulfide) groups is 2. The van der Waals surface area contributed by atoms with E-state index in [1.54, 1.807) is 17.8 Å². The molecule has 0 saturated carbocycles. The molecule has 0 aliphatic heterocycles. The summed E-state index contributed by atoms with van der Waals surface area (Å²) in [5.41, 5.74) is 1.56. The summed E-state index contributed by atoms with van der Waals surface area (Å²) in [6, 6.07) is 3.67. The second-order valence-electron chi connectivity index (χ2n) is 3.30. The summed E-state index contributed by atoms with van der Waals surface area (Å²) in [6.07, 6.45) is 2.35. The number of aliphatic carboxylic acids is 1. The van der Waals surface area contributed by atoms with Gasteiger partial charge in [-0.15, -0.1) is 23.5 Å². The minimum atomic E-state index is -1.45. The fraction of sp³-hybridized carbons (Fsp3) is 0.364. The van der Waals surface area contributed by atoms with Gasteiger partial charge < -0.3 is 10.2 Å². The van der Waals surface area contributed by atoms with Crippen molar-refractivity contribution in [1.82, 2.24) is 0 Å². The largest absolute Gasteiger partial charge is 0.479 e. The monoisotopic (exact) mass is 258 g/mol. The van der Waals surface area contributed by atoms with Crippen LogP contribution < -0.4 is 0 Å². The zero-order valence-electron chi connectivity index (χ0n) is 9.35. The molecule has 0 radical (unpaired) electrons. The maximum absolute atomic E-state index is 10.8. The van der Waals surface area contributed by atoms with Crippen LogP contribution in [-0.2, 0) is 4.79 Å². The molecule has 3 nitrogen and oxygen atoms in total. The first kappa shape index (κ1) is 13.4. The number of benzene rings is 1. The molecule has 1 atom stereocenters. The predicted molar refractivity (Wildman–Crippen MR) is 67.3 cm³/mol. The van der Waals surface area contributed by atoms with E-state index in [1.807, 2.05) is 25.5 Å². The molecule has 16 heavy (non-hydrogen) atoms.